The van der Waals surface area contributed by atoms with Crippen molar-refractivity contribution in [3.8, 4) is 0 Å². The molecule has 0 bridgehead atoms. The molecule has 25 heavy (non-hydrogen) atoms. The second kappa shape index (κ2) is 7.30. The first-order valence-corrected chi connectivity index (χ1v) is 8.22. The molecule has 0 radical (unpaired) electrons. The molecule has 5 heteroatoms. The fourth-order valence-electron chi connectivity index (χ4n) is 2.81. The van der Waals surface area contributed by atoms with E-state index in [1.54, 1.807) is 12.1 Å². The average molecular weight is 337 g/mol. The highest BCUT2D eigenvalue weighted by atomic mass is 16.5. The predicted octanol–water partition coefficient (Wildman–Crippen LogP) is 2.70. The fourth-order valence-corrected chi connectivity index (χ4v) is 2.81. The Morgan fingerprint density at radius 2 is 1.80 bits per heavy atom. The number of hydrogen-bond acceptors (Lipinski definition) is 4. The first kappa shape index (κ1) is 16.9. The Bertz CT molecular complexity index is 811. The van der Waals surface area contributed by atoms with Crippen molar-refractivity contribution in [1.29, 1.82) is 0 Å². The monoisotopic (exact) mass is 337 g/mol. The zero-order chi connectivity index (χ0) is 17.8. The van der Waals surface area contributed by atoms with Crippen LogP contribution in [0.1, 0.15) is 27.9 Å². The van der Waals surface area contributed by atoms with Gasteiger partial charge in [0, 0.05) is 18.7 Å². The third-order valence-electron chi connectivity index (χ3n) is 4.16. The van der Waals surface area contributed by atoms with Gasteiger partial charge in [-0.2, -0.15) is 0 Å². The Kier molecular flexibility index (Phi) is 4.93. The van der Waals surface area contributed by atoms with Crippen LogP contribution in [0, 0.1) is 6.92 Å². The van der Waals surface area contributed by atoms with Gasteiger partial charge in [-0.3, -0.25) is 9.59 Å². The highest BCUT2D eigenvalue weighted by molar-refractivity contribution is 6.43. The van der Waals surface area contributed by atoms with Crippen LogP contribution in [0.3, 0.4) is 0 Å². The first-order valence-electron chi connectivity index (χ1n) is 8.22. The molecule has 2 aromatic carbocycles. The number of benzene rings is 2. The van der Waals surface area contributed by atoms with Gasteiger partial charge >= 0.3 is 5.97 Å². The minimum absolute atomic E-state index is 0.147. The van der Waals surface area contributed by atoms with Crippen molar-refractivity contribution >= 4 is 23.3 Å². The van der Waals surface area contributed by atoms with E-state index >= 15 is 0 Å². The molecule has 0 saturated carbocycles. The number of ether oxygens (including phenoxy) is 1. The SMILES string of the molecule is Cc1ccc(C(=O)OCCCN2C(=O)C(=O)Cc3ccccc32)cc1. The average Bonchev–Trinajstić information content (AvgIpc) is 2.62. The fraction of sp³-hybridized carbons (Fsp3) is 0.250. The summed E-state index contributed by atoms with van der Waals surface area (Å²) in [5.74, 6) is -1.29. The van der Waals surface area contributed by atoms with E-state index in [9.17, 15) is 14.4 Å². The molecule has 0 N–H and O–H groups in total. The summed E-state index contributed by atoms with van der Waals surface area (Å²) in [5, 5.41) is 0. The maximum absolute atomic E-state index is 12.1. The Balaban J connectivity index is 1.57. The molecule has 0 saturated heterocycles. The topological polar surface area (TPSA) is 63.7 Å². The summed E-state index contributed by atoms with van der Waals surface area (Å²) in [6.45, 7) is 2.47. The molecular formula is C20H19NO4. The van der Waals surface area contributed by atoms with Crippen molar-refractivity contribution in [3.05, 3.63) is 65.2 Å². The molecular weight excluding hydrogens is 318 g/mol. The van der Waals surface area contributed by atoms with Gasteiger partial charge in [0.1, 0.15) is 0 Å². The third kappa shape index (κ3) is 3.76. The van der Waals surface area contributed by atoms with E-state index in [1.165, 1.54) is 4.90 Å². The number of aryl methyl sites for hydroxylation is 1. The number of amides is 1. The summed E-state index contributed by atoms with van der Waals surface area (Å²) in [7, 11) is 0. The van der Waals surface area contributed by atoms with Crippen LogP contribution in [0.2, 0.25) is 0 Å². The summed E-state index contributed by atoms with van der Waals surface area (Å²) in [5.41, 5.74) is 3.18. The number of fused-ring (bicyclic) bond motifs is 1. The number of ketones is 1. The number of Topliss-reactive ketones (excluding diaryl/α,β-unsaturated/α-hetero) is 1. The Morgan fingerprint density at radius 1 is 1.08 bits per heavy atom. The smallest absolute Gasteiger partial charge is 0.338 e. The Labute approximate surface area is 146 Å². The molecule has 0 aliphatic carbocycles. The van der Waals surface area contributed by atoms with Crippen molar-refractivity contribution in [3.63, 3.8) is 0 Å². The molecule has 2 aromatic rings. The van der Waals surface area contributed by atoms with Crippen molar-refractivity contribution < 1.29 is 19.1 Å². The lowest BCUT2D eigenvalue weighted by atomic mass is 10.00. The van der Waals surface area contributed by atoms with E-state index in [0.29, 0.717) is 18.5 Å². The van der Waals surface area contributed by atoms with Crippen LogP contribution < -0.4 is 4.90 Å². The van der Waals surface area contributed by atoms with E-state index in [-0.39, 0.29) is 19.0 Å². The molecule has 0 aromatic heterocycles. The molecule has 1 aliphatic rings. The van der Waals surface area contributed by atoms with Crippen LogP contribution in [0.25, 0.3) is 0 Å². The van der Waals surface area contributed by atoms with Crippen LogP contribution in [-0.4, -0.2) is 30.8 Å². The lowest BCUT2D eigenvalue weighted by Crippen LogP contribution is -2.42. The number of esters is 1. The molecule has 1 amide bonds. The molecule has 3 rings (SSSR count). The number of anilines is 1. The van der Waals surface area contributed by atoms with Crippen LogP contribution in [-0.2, 0) is 20.7 Å². The molecule has 0 spiro atoms. The van der Waals surface area contributed by atoms with Crippen LogP contribution in [0.4, 0.5) is 5.69 Å². The molecule has 1 heterocycles. The van der Waals surface area contributed by atoms with Gasteiger partial charge in [0.15, 0.2) is 0 Å². The molecule has 0 unspecified atom stereocenters. The lowest BCUT2D eigenvalue weighted by Gasteiger charge is -2.28. The molecule has 0 fully saturated rings. The zero-order valence-corrected chi connectivity index (χ0v) is 14.0. The number of rotatable bonds is 5. The lowest BCUT2D eigenvalue weighted by molar-refractivity contribution is -0.136. The Hall–Kier alpha value is -2.95. The van der Waals surface area contributed by atoms with E-state index < -0.39 is 11.7 Å². The van der Waals surface area contributed by atoms with Crippen LogP contribution >= 0.6 is 0 Å². The number of para-hydroxylation sites is 1. The largest absolute Gasteiger partial charge is 0.462 e. The van der Waals surface area contributed by atoms with E-state index in [0.717, 1.165) is 16.8 Å². The molecule has 1 aliphatic heterocycles. The van der Waals surface area contributed by atoms with E-state index in [2.05, 4.69) is 0 Å². The van der Waals surface area contributed by atoms with Crippen molar-refractivity contribution in [2.45, 2.75) is 19.8 Å². The molecule has 5 nitrogen and oxygen atoms in total. The van der Waals surface area contributed by atoms with Gasteiger partial charge in [-0.05, 0) is 37.1 Å². The van der Waals surface area contributed by atoms with Gasteiger partial charge in [-0.1, -0.05) is 35.9 Å². The Morgan fingerprint density at radius 3 is 2.56 bits per heavy atom. The van der Waals surface area contributed by atoms with E-state index in [1.807, 2.05) is 43.3 Å². The van der Waals surface area contributed by atoms with Crippen molar-refractivity contribution in [2.24, 2.45) is 0 Å². The van der Waals surface area contributed by atoms with Crippen LogP contribution in [0.15, 0.2) is 48.5 Å². The second-order valence-corrected chi connectivity index (χ2v) is 6.04. The van der Waals surface area contributed by atoms with Gasteiger partial charge < -0.3 is 9.64 Å². The second-order valence-electron chi connectivity index (χ2n) is 6.04. The van der Waals surface area contributed by atoms with Gasteiger partial charge in [0.05, 0.1) is 12.2 Å². The molecule has 0 atom stereocenters. The highest BCUT2D eigenvalue weighted by Crippen LogP contribution is 2.26. The number of hydrogen-bond donors (Lipinski definition) is 0. The number of nitrogens with zero attached hydrogens (tertiary/aromatic N) is 1. The summed E-state index contributed by atoms with van der Waals surface area (Å²) in [6, 6.07) is 14.5. The zero-order valence-electron chi connectivity index (χ0n) is 14.0. The van der Waals surface area contributed by atoms with Gasteiger partial charge in [-0.15, -0.1) is 0 Å². The van der Waals surface area contributed by atoms with Crippen molar-refractivity contribution in [1.82, 2.24) is 0 Å². The highest BCUT2D eigenvalue weighted by Gasteiger charge is 2.30. The molecule has 128 valence electrons. The summed E-state index contributed by atoms with van der Waals surface area (Å²) in [6.07, 6.45) is 0.610. The summed E-state index contributed by atoms with van der Waals surface area (Å²) in [4.78, 5) is 37.4. The predicted molar refractivity (Wildman–Crippen MR) is 93.6 cm³/mol. The van der Waals surface area contributed by atoms with Crippen molar-refractivity contribution in [2.75, 3.05) is 18.1 Å². The summed E-state index contributed by atoms with van der Waals surface area (Å²) < 4.78 is 5.25. The number of carbonyl (C=O) groups is 3. The maximum Gasteiger partial charge on any atom is 0.338 e. The van der Waals surface area contributed by atoms with Gasteiger partial charge in [0.25, 0.3) is 5.91 Å². The first-order chi connectivity index (χ1) is 12.1. The van der Waals surface area contributed by atoms with Crippen LogP contribution in [0.5, 0.6) is 0 Å². The number of carbonyl (C=O) groups excluding carboxylic acids is 3. The van der Waals surface area contributed by atoms with E-state index in [4.69, 9.17) is 4.74 Å². The normalized spacial score (nSPS) is 13.6. The van der Waals surface area contributed by atoms with Gasteiger partial charge in [-0.25, -0.2) is 4.79 Å². The standard InChI is InChI=1S/C20H19NO4/c1-14-7-9-15(10-8-14)20(24)25-12-4-11-21-17-6-3-2-5-16(17)13-18(22)19(21)23/h2-3,5-10H,4,11-13H2,1H3. The minimum atomic E-state index is -0.497. The maximum atomic E-state index is 12.1. The summed E-state index contributed by atoms with van der Waals surface area (Å²) >= 11 is 0. The minimum Gasteiger partial charge on any atom is -0.462 e. The quantitative estimate of drug-likeness (QED) is 0.478. The third-order valence-corrected chi connectivity index (χ3v) is 4.16. The van der Waals surface area contributed by atoms with Gasteiger partial charge in [0.2, 0.25) is 5.78 Å².